The van der Waals surface area contributed by atoms with Crippen LogP contribution in [0.25, 0.3) is 22.2 Å². The molecule has 158 valence electrons. The fraction of sp³-hybridized carbons (Fsp3) is 0.350. The van der Waals surface area contributed by atoms with E-state index >= 15 is 0 Å². The molecule has 4 rings (SSSR count). The molecule has 8 nitrogen and oxygen atoms in total. The first kappa shape index (κ1) is 20.7. The molecule has 1 unspecified atom stereocenters. The van der Waals surface area contributed by atoms with E-state index in [0.717, 1.165) is 18.4 Å². The second-order valence-corrected chi connectivity index (χ2v) is 7.63. The minimum Gasteiger partial charge on any atom is -0.495 e. The van der Waals surface area contributed by atoms with Crippen LogP contribution < -0.4 is 20.1 Å². The number of benzene rings is 1. The predicted molar refractivity (Wildman–Crippen MR) is 118 cm³/mol. The summed E-state index contributed by atoms with van der Waals surface area (Å²) in [5, 5.41) is 1.45. The topological polar surface area (TPSA) is 95.6 Å². The van der Waals surface area contributed by atoms with Gasteiger partial charge >= 0.3 is 0 Å². The largest absolute Gasteiger partial charge is 0.495 e. The third-order valence-electron chi connectivity index (χ3n) is 5.17. The number of hydrogen-bond acceptors (Lipinski definition) is 8. The van der Waals surface area contributed by atoms with Gasteiger partial charge in [-0.2, -0.15) is 0 Å². The van der Waals surface area contributed by atoms with Crippen molar-refractivity contribution in [1.82, 2.24) is 15.0 Å². The maximum absolute atomic E-state index is 6.62. The molecule has 3 heterocycles. The first-order valence-electron chi connectivity index (χ1n) is 9.28. The summed E-state index contributed by atoms with van der Waals surface area (Å²) in [5.41, 5.74) is 7.57. The van der Waals surface area contributed by atoms with Crippen LogP contribution in [0.1, 0.15) is 6.42 Å². The van der Waals surface area contributed by atoms with E-state index < -0.39 is 0 Å². The molecule has 0 amide bonds. The highest BCUT2D eigenvalue weighted by molar-refractivity contribution is 6.41. The number of ether oxygens (including phenoxy) is 3. The zero-order chi connectivity index (χ0) is 21.4. The van der Waals surface area contributed by atoms with Gasteiger partial charge in [-0.3, -0.25) is 0 Å². The summed E-state index contributed by atoms with van der Waals surface area (Å²) in [4.78, 5) is 15.6. The van der Waals surface area contributed by atoms with Crippen molar-refractivity contribution in [1.29, 1.82) is 0 Å². The van der Waals surface area contributed by atoms with Crippen molar-refractivity contribution < 1.29 is 14.2 Å². The number of halogens is 2. The smallest absolute Gasteiger partial charge is 0.220 e. The van der Waals surface area contributed by atoms with Gasteiger partial charge in [0.1, 0.15) is 17.0 Å². The molecule has 1 aromatic carbocycles. The van der Waals surface area contributed by atoms with Gasteiger partial charge in [0.25, 0.3) is 0 Å². The number of rotatable bonds is 5. The Kier molecular flexibility index (Phi) is 5.73. The molecule has 1 fully saturated rings. The third-order valence-corrected chi connectivity index (χ3v) is 5.92. The van der Waals surface area contributed by atoms with E-state index in [1.807, 2.05) is 6.07 Å². The van der Waals surface area contributed by atoms with Gasteiger partial charge in [-0.15, -0.1) is 0 Å². The molecular formula is C20H21Cl2N5O3. The van der Waals surface area contributed by atoms with Crippen molar-refractivity contribution in [2.45, 2.75) is 12.5 Å². The third kappa shape index (κ3) is 3.55. The SMILES string of the molecule is COc1cc(OC)c(Cl)c(-c2cc3cnc(N)nc3c(N3CCC(OC)C3)n2)c1Cl. The van der Waals surface area contributed by atoms with Crippen LogP contribution in [0.15, 0.2) is 18.3 Å². The van der Waals surface area contributed by atoms with Crippen molar-refractivity contribution in [2.24, 2.45) is 0 Å². The van der Waals surface area contributed by atoms with Gasteiger partial charge in [0.05, 0.1) is 36.1 Å². The molecule has 0 bridgehead atoms. The second kappa shape index (κ2) is 8.29. The number of hydrogen-bond donors (Lipinski definition) is 1. The number of aromatic nitrogens is 3. The predicted octanol–water partition coefficient (Wildman–Crippen LogP) is 3.82. The lowest BCUT2D eigenvalue weighted by atomic mass is 10.1. The Bertz CT molecular complexity index is 1080. The van der Waals surface area contributed by atoms with Gasteiger partial charge in [0, 0.05) is 43.4 Å². The van der Waals surface area contributed by atoms with E-state index in [1.54, 1.807) is 19.4 Å². The van der Waals surface area contributed by atoms with Crippen LogP contribution in [0.3, 0.4) is 0 Å². The van der Waals surface area contributed by atoms with E-state index in [9.17, 15) is 0 Å². The monoisotopic (exact) mass is 449 g/mol. The number of nitrogen functional groups attached to an aromatic ring is 1. The molecule has 1 aliphatic heterocycles. The minimum absolute atomic E-state index is 0.119. The molecule has 0 saturated carbocycles. The van der Waals surface area contributed by atoms with Crippen molar-refractivity contribution in [2.75, 3.05) is 45.1 Å². The van der Waals surface area contributed by atoms with Crippen molar-refractivity contribution in [3.05, 3.63) is 28.4 Å². The molecule has 1 atom stereocenters. The average Bonchev–Trinajstić information content (AvgIpc) is 3.23. The number of nitrogens with two attached hydrogens (primary N) is 1. The van der Waals surface area contributed by atoms with Gasteiger partial charge in [-0.1, -0.05) is 23.2 Å². The molecule has 1 saturated heterocycles. The van der Waals surface area contributed by atoms with E-state index in [-0.39, 0.29) is 12.1 Å². The standard InChI is InChI=1S/C20H21Cl2N5O3/c1-28-11-4-5-27(9-11)19-18-10(8-24-20(23)26-18)6-12(25-19)15-16(21)13(29-2)7-14(30-3)17(15)22/h6-8,11H,4-5,9H2,1-3H3,(H2,23,24,26). The molecule has 2 aromatic heterocycles. The van der Waals surface area contributed by atoms with Gasteiger partial charge in [0.15, 0.2) is 5.82 Å². The normalized spacial score (nSPS) is 16.3. The first-order chi connectivity index (χ1) is 14.5. The fourth-order valence-corrected chi connectivity index (χ4v) is 4.30. The van der Waals surface area contributed by atoms with E-state index in [2.05, 4.69) is 14.9 Å². The summed E-state index contributed by atoms with van der Waals surface area (Å²) in [5.74, 6) is 1.72. The first-order valence-corrected chi connectivity index (χ1v) is 10.0. The summed E-state index contributed by atoms with van der Waals surface area (Å²) in [6, 6.07) is 3.47. The summed E-state index contributed by atoms with van der Waals surface area (Å²) in [6.07, 6.45) is 2.67. The van der Waals surface area contributed by atoms with Crippen molar-refractivity contribution in [3.63, 3.8) is 0 Å². The van der Waals surface area contributed by atoms with Crippen LogP contribution in [0.5, 0.6) is 11.5 Å². The lowest BCUT2D eigenvalue weighted by Gasteiger charge is -2.21. The van der Waals surface area contributed by atoms with E-state index in [0.29, 0.717) is 50.7 Å². The highest BCUT2D eigenvalue weighted by Crippen LogP contribution is 2.46. The Hall–Kier alpha value is -2.55. The summed E-state index contributed by atoms with van der Waals surface area (Å²) < 4.78 is 16.3. The zero-order valence-corrected chi connectivity index (χ0v) is 18.3. The van der Waals surface area contributed by atoms with Gasteiger partial charge < -0.3 is 24.8 Å². The maximum Gasteiger partial charge on any atom is 0.220 e. The van der Waals surface area contributed by atoms with Crippen LogP contribution >= 0.6 is 23.2 Å². The summed E-state index contributed by atoms with van der Waals surface area (Å²) >= 11 is 13.2. The summed E-state index contributed by atoms with van der Waals surface area (Å²) in [7, 11) is 4.77. The van der Waals surface area contributed by atoms with Gasteiger partial charge in [0.2, 0.25) is 5.95 Å². The molecule has 30 heavy (non-hydrogen) atoms. The lowest BCUT2D eigenvalue weighted by molar-refractivity contribution is 0.121. The lowest BCUT2D eigenvalue weighted by Crippen LogP contribution is -2.24. The molecule has 2 N–H and O–H groups in total. The van der Waals surface area contributed by atoms with Gasteiger partial charge in [-0.05, 0) is 12.5 Å². The van der Waals surface area contributed by atoms with Crippen LogP contribution in [-0.2, 0) is 4.74 Å². The fourth-order valence-electron chi connectivity index (χ4n) is 3.61. The minimum atomic E-state index is 0.119. The van der Waals surface area contributed by atoms with Gasteiger partial charge in [-0.25, -0.2) is 15.0 Å². The molecule has 1 aliphatic rings. The summed E-state index contributed by atoms with van der Waals surface area (Å²) in [6.45, 7) is 1.46. The van der Waals surface area contributed by atoms with Crippen LogP contribution in [0.2, 0.25) is 10.0 Å². The quantitative estimate of drug-likeness (QED) is 0.627. The van der Waals surface area contributed by atoms with Crippen LogP contribution in [0.4, 0.5) is 11.8 Å². The highest BCUT2D eigenvalue weighted by atomic mass is 35.5. The second-order valence-electron chi connectivity index (χ2n) is 6.87. The molecule has 10 heteroatoms. The Morgan fingerprint density at radius 2 is 1.77 bits per heavy atom. The van der Waals surface area contributed by atoms with E-state index in [1.165, 1.54) is 14.2 Å². The van der Waals surface area contributed by atoms with Crippen LogP contribution in [0, 0.1) is 0 Å². The van der Waals surface area contributed by atoms with Crippen molar-refractivity contribution >= 4 is 45.9 Å². The number of pyridine rings is 1. The Morgan fingerprint density at radius 1 is 1.07 bits per heavy atom. The highest BCUT2D eigenvalue weighted by Gasteiger charge is 2.27. The molecule has 0 aliphatic carbocycles. The molecular weight excluding hydrogens is 429 g/mol. The molecule has 0 radical (unpaired) electrons. The maximum atomic E-state index is 6.62. The number of nitrogens with zero attached hydrogens (tertiary/aromatic N) is 4. The van der Waals surface area contributed by atoms with Crippen LogP contribution in [-0.4, -0.2) is 55.5 Å². The Balaban J connectivity index is 1.97. The number of anilines is 2. The average molecular weight is 450 g/mol. The number of methoxy groups -OCH3 is 3. The Morgan fingerprint density at radius 3 is 2.37 bits per heavy atom. The molecule has 3 aromatic rings. The molecule has 0 spiro atoms. The van der Waals surface area contributed by atoms with E-state index in [4.69, 9.17) is 48.1 Å². The Labute approximate surface area is 183 Å². The zero-order valence-electron chi connectivity index (χ0n) is 16.8. The van der Waals surface area contributed by atoms with Crippen molar-refractivity contribution in [3.8, 4) is 22.8 Å². The number of fused-ring (bicyclic) bond motifs is 1.